The molecule has 2 N–H and O–H groups in total. The van der Waals surface area contributed by atoms with Crippen LogP contribution < -0.4 is 5.73 Å². The SMILES string of the molecule is CC(C)CCC(C)(CN)N1C[C@@H](C)O[C@@H](C)C1. The lowest BCUT2D eigenvalue weighted by Crippen LogP contribution is -2.59. The minimum Gasteiger partial charge on any atom is -0.373 e. The van der Waals surface area contributed by atoms with Crippen molar-refractivity contribution in [3.63, 3.8) is 0 Å². The van der Waals surface area contributed by atoms with Crippen LogP contribution in [0.2, 0.25) is 0 Å². The minimum atomic E-state index is 0.135. The van der Waals surface area contributed by atoms with Gasteiger partial charge in [-0.3, -0.25) is 4.90 Å². The highest BCUT2D eigenvalue weighted by molar-refractivity contribution is 4.91. The number of nitrogens with zero attached hydrogens (tertiary/aromatic N) is 1. The molecule has 1 heterocycles. The van der Waals surface area contributed by atoms with E-state index in [-0.39, 0.29) is 5.54 Å². The Labute approximate surface area is 107 Å². The van der Waals surface area contributed by atoms with Crippen molar-refractivity contribution < 1.29 is 4.74 Å². The van der Waals surface area contributed by atoms with Crippen molar-refractivity contribution in [2.45, 2.75) is 65.2 Å². The van der Waals surface area contributed by atoms with Gasteiger partial charge in [-0.2, -0.15) is 0 Å². The van der Waals surface area contributed by atoms with Crippen molar-refractivity contribution >= 4 is 0 Å². The molecule has 3 nitrogen and oxygen atoms in total. The molecule has 3 heteroatoms. The molecule has 0 amide bonds. The van der Waals surface area contributed by atoms with E-state index in [2.05, 4.69) is 39.5 Å². The fraction of sp³-hybridized carbons (Fsp3) is 1.00. The second-order valence-electron chi connectivity index (χ2n) is 6.30. The Kier molecular flexibility index (Phi) is 5.42. The van der Waals surface area contributed by atoms with Gasteiger partial charge in [0, 0.05) is 25.2 Å². The van der Waals surface area contributed by atoms with E-state index in [1.165, 1.54) is 12.8 Å². The maximum absolute atomic E-state index is 6.03. The molecular weight excluding hydrogens is 212 g/mol. The number of morpholine rings is 1. The highest BCUT2D eigenvalue weighted by Gasteiger charge is 2.35. The molecule has 1 saturated heterocycles. The quantitative estimate of drug-likeness (QED) is 0.803. The third-order valence-electron chi connectivity index (χ3n) is 3.88. The summed E-state index contributed by atoms with van der Waals surface area (Å²) in [6.45, 7) is 13.9. The molecular formula is C14H30N2O. The summed E-state index contributed by atoms with van der Waals surface area (Å²) in [7, 11) is 0. The Morgan fingerprint density at radius 2 is 1.82 bits per heavy atom. The maximum Gasteiger partial charge on any atom is 0.0678 e. The number of nitrogens with two attached hydrogens (primary N) is 1. The van der Waals surface area contributed by atoms with Gasteiger partial charge in [-0.05, 0) is 39.5 Å². The molecule has 0 spiro atoms. The zero-order valence-electron chi connectivity index (χ0n) is 12.2. The van der Waals surface area contributed by atoms with Crippen molar-refractivity contribution in [1.29, 1.82) is 0 Å². The van der Waals surface area contributed by atoms with Crippen molar-refractivity contribution in [3.8, 4) is 0 Å². The van der Waals surface area contributed by atoms with Crippen LogP contribution in [0, 0.1) is 5.92 Å². The molecule has 1 aliphatic rings. The molecule has 0 saturated carbocycles. The Morgan fingerprint density at radius 3 is 2.24 bits per heavy atom. The van der Waals surface area contributed by atoms with Crippen LogP contribution in [0.1, 0.15) is 47.5 Å². The van der Waals surface area contributed by atoms with Crippen LogP contribution >= 0.6 is 0 Å². The number of ether oxygens (including phenoxy) is 1. The van der Waals surface area contributed by atoms with Gasteiger partial charge in [0.2, 0.25) is 0 Å². The van der Waals surface area contributed by atoms with E-state index in [0.717, 1.165) is 25.6 Å². The largest absolute Gasteiger partial charge is 0.373 e. The first-order valence-corrected chi connectivity index (χ1v) is 6.98. The van der Waals surface area contributed by atoms with Crippen molar-refractivity contribution in [2.75, 3.05) is 19.6 Å². The van der Waals surface area contributed by atoms with Gasteiger partial charge in [-0.1, -0.05) is 13.8 Å². The summed E-state index contributed by atoms with van der Waals surface area (Å²) < 4.78 is 5.80. The molecule has 1 fully saturated rings. The second kappa shape index (κ2) is 6.17. The fourth-order valence-corrected chi connectivity index (χ4v) is 2.61. The van der Waals surface area contributed by atoms with Crippen LogP contribution in [0.25, 0.3) is 0 Å². The van der Waals surface area contributed by atoms with Crippen molar-refractivity contribution in [2.24, 2.45) is 11.7 Å². The average molecular weight is 242 g/mol. The smallest absolute Gasteiger partial charge is 0.0678 e. The molecule has 0 aromatic carbocycles. The van der Waals surface area contributed by atoms with E-state index < -0.39 is 0 Å². The molecule has 1 unspecified atom stereocenters. The number of hydrogen-bond acceptors (Lipinski definition) is 3. The zero-order chi connectivity index (χ0) is 13.1. The molecule has 0 bridgehead atoms. The summed E-state index contributed by atoms with van der Waals surface area (Å²) >= 11 is 0. The van der Waals surface area contributed by atoms with Crippen LogP contribution in [0.15, 0.2) is 0 Å². The first-order valence-electron chi connectivity index (χ1n) is 6.98. The summed E-state index contributed by atoms with van der Waals surface area (Å²) in [6, 6.07) is 0. The van der Waals surface area contributed by atoms with Gasteiger partial charge in [0.05, 0.1) is 12.2 Å². The van der Waals surface area contributed by atoms with Crippen molar-refractivity contribution in [3.05, 3.63) is 0 Å². The Balaban J connectivity index is 2.63. The number of hydrogen-bond donors (Lipinski definition) is 1. The van der Waals surface area contributed by atoms with Gasteiger partial charge in [-0.15, -0.1) is 0 Å². The van der Waals surface area contributed by atoms with E-state index in [0.29, 0.717) is 12.2 Å². The summed E-state index contributed by atoms with van der Waals surface area (Å²) in [5.74, 6) is 0.747. The molecule has 0 radical (unpaired) electrons. The van der Waals surface area contributed by atoms with E-state index in [1.54, 1.807) is 0 Å². The van der Waals surface area contributed by atoms with Crippen LogP contribution in [0.5, 0.6) is 0 Å². The molecule has 1 rings (SSSR count). The lowest BCUT2D eigenvalue weighted by molar-refractivity contribution is -0.0994. The number of rotatable bonds is 5. The van der Waals surface area contributed by atoms with E-state index in [9.17, 15) is 0 Å². The van der Waals surface area contributed by atoms with Gasteiger partial charge >= 0.3 is 0 Å². The van der Waals surface area contributed by atoms with E-state index in [4.69, 9.17) is 10.5 Å². The third-order valence-corrected chi connectivity index (χ3v) is 3.88. The van der Waals surface area contributed by atoms with Crippen molar-refractivity contribution in [1.82, 2.24) is 4.90 Å². The predicted molar refractivity (Wildman–Crippen MR) is 73.1 cm³/mol. The van der Waals surface area contributed by atoms with Crippen LogP contribution in [0.3, 0.4) is 0 Å². The lowest BCUT2D eigenvalue weighted by atomic mass is 9.89. The topological polar surface area (TPSA) is 38.5 Å². The highest BCUT2D eigenvalue weighted by Crippen LogP contribution is 2.26. The first kappa shape index (κ1) is 14.9. The van der Waals surface area contributed by atoms with Crippen LogP contribution in [0.4, 0.5) is 0 Å². The minimum absolute atomic E-state index is 0.135. The van der Waals surface area contributed by atoms with Gasteiger partial charge in [0.15, 0.2) is 0 Å². The van der Waals surface area contributed by atoms with Gasteiger partial charge in [-0.25, -0.2) is 0 Å². The highest BCUT2D eigenvalue weighted by atomic mass is 16.5. The average Bonchev–Trinajstić information content (AvgIpc) is 2.24. The normalized spacial score (nSPS) is 30.5. The Morgan fingerprint density at radius 1 is 1.29 bits per heavy atom. The summed E-state index contributed by atoms with van der Waals surface area (Å²) in [5.41, 5.74) is 6.17. The van der Waals surface area contributed by atoms with Crippen LogP contribution in [-0.4, -0.2) is 42.3 Å². The monoisotopic (exact) mass is 242 g/mol. The first-order chi connectivity index (χ1) is 7.87. The molecule has 3 atom stereocenters. The van der Waals surface area contributed by atoms with Crippen LogP contribution in [-0.2, 0) is 4.74 Å². The van der Waals surface area contributed by atoms with Gasteiger partial charge in [0.25, 0.3) is 0 Å². The standard InChI is InChI=1S/C14H30N2O/c1-11(2)6-7-14(5,10-15)16-8-12(3)17-13(4)9-16/h11-13H,6-10,15H2,1-5H3/t12-,13+,14?. The molecule has 1 aliphatic heterocycles. The predicted octanol–water partition coefficient (Wildman–Crippen LogP) is 2.25. The van der Waals surface area contributed by atoms with E-state index >= 15 is 0 Å². The summed E-state index contributed by atoms with van der Waals surface area (Å²) in [4.78, 5) is 2.54. The molecule has 17 heavy (non-hydrogen) atoms. The second-order valence-corrected chi connectivity index (χ2v) is 6.30. The van der Waals surface area contributed by atoms with E-state index in [1.807, 2.05) is 0 Å². The van der Waals surface area contributed by atoms with Gasteiger partial charge in [0.1, 0.15) is 0 Å². The zero-order valence-corrected chi connectivity index (χ0v) is 12.2. The third kappa shape index (κ3) is 4.23. The summed E-state index contributed by atoms with van der Waals surface area (Å²) in [5, 5.41) is 0. The summed E-state index contributed by atoms with van der Waals surface area (Å²) in [6.07, 6.45) is 3.07. The fourth-order valence-electron chi connectivity index (χ4n) is 2.61. The lowest BCUT2D eigenvalue weighted by Gasteiger charge is -2.46. The molecule has 102 valence electrons. The van der Waals surface area contributed by atoms with Gasteiger partial charge < -0.3 is 10.5 Å². The molecule has 0 aliphatic carbocycles. The Bertz CT molecular complexity index is 222. The Hall–Kier alpha value is -0.120. The molecule has 0 aromatic heterocycles. The maximum atomic E-state index is 6.03. The molecule has 0 aromatic rings.